The van der Waals surface area contributed by atoms with E-state index < -0.39 is 0 Å². The highest BCUT2D eigenvalue weighted by atomic mass is 35.5. The summed E-state index contributed by atoms with van der Waals surface area (Å²) in [6, 6.07) is 9.42. The van der Waals surface area contributed by atoms with Gasteiger partial charge in [0.2, 0.25) is 0 Å². The highest BCUT2D eigenvalue weighted by molar-refractivity contribution is 6.33. The van der Waals surface area contributed by atoms with E-state index in [4.69, 9.17) is 17.3 Å². The minimum Gasteiger partial charge on any atom is -0.383 e. The molecule has 0 amide bonds. The lowest BCUT2D eigenvalue weighted by molar-refractivity contribution is 1.27. The van der Waals surface area contributed by atoms with Gasteiger partial charge in [-0.1, -0.05) is 11.6 Å². The van der Waals surface area contributed by atoms with Crippen LogP contribution in [0.1, 0.15) is 0 Å². The first-order valence-corrected chi connectivity index (χ1v) is 6.40. The predicted molar refractivity (Wildman–Crippen MR) is 80.1 cm³/mol. The Hall–Kier alpha value is -2.46. The Morgan fingerprint density at radius 2 is 1.80 bits per heavy atom. The molecule has 0 saturated carbocycles. The van der Waals surface area contributed by atoms with E-state index in [2.05, 4.69) is 15.0 Å². The average Bonchev–Trinajstić information content (AvgIpc) is 2.49. The lowest BCUT2D eigenvalue weighted by Crippen LogP contribution is -1.95. The summed E-state index contributed by atoms with van der Waals surface area (Å²) < 4.78 is 0. The molecule has 0 fully saturated rings. The molecule has 0 unspecified atom stereocenters. The van der Waals surface area contributed by atoms with Crippen molar-refractivity contribution < 1.29 is 0 Å². The van der Waals surface area contributed by atoms with Gasteiger partial charge in [-0.25, -0.2) is 4.98 Å². The average molecular weight is 283 g/mol. The van der Waals surface area contributed by atoms with Crippen LogP contribution in [0.15, 0.2) is 55.1 Å². The van der Waals surface area contributed by atoms with Crippen LogP contribution in [-0.4, -0.2) is 15.0 Å². The van der Waals surface area contributed by atoms with Crippen molar-refractivity contribution in [1.29, 1.82) is 0 Å². The van der Waals surface area contributed by atoms with E-state index >= 15 is 0 Å². The molecule has 0 aliphatic carbocycles. The molecule has 0 aliphatic rings. The largest absolute Gasteiger partial charge is 0.383 e. The van der Waals surface area contributed by atoms with Crippen LogP contribution in [0.3, 0.4) is 0 Å². The molecule has 0 saturated heterocycles. The van der Waals surface area contributed by atoms with E-state index in [1.54, 1.807) is 24.8 Å². The van der Waals surface area contributed by atoms with Crippen LogP contribution >= 0.6 is 11.6 Å². The Labute approximate surface area is 121 Å². The quantitative estimate of drug-likeness (QED) is 0.782. The summed E-state index contributed by atoms with van der Waals surface area (Å²) in [4.78, 5) is 12.5. The highest BCUT2D eigenvalue weighted by Crippen LogP contribution is 2.32. The zero-order valence-electron chi connectivity index (χ0n) is 10.5. The molecule has 0 radical (unpaired) electrons. The maximum Gasteiger partial charge on any atom is 0.131 e. The van der Waals surface area contributed by atoms with Gasteiger partial charge in [0.05, 0.1) is 10.7 Å². The van der Waals surface area contributed by atoms with E-state index in [0.29, 0.717) is 10.8 Å². The van der Waals surface area contributed by atoms with Gasteiger partial charge in [-0.3, -0.25) is 9.97 Å². The number of nitrogens with zero attached hydrogens (tertiary/aromatic N) is 3. The molecular formula is C15H11ClN4. The van der Waals surface area contributed by atoms with Crippen molar-refractivity contribution in [1.82, 2.24) is 15.0 Å². The molecule has 20 heavy (non-hydrogen) atoms. The van der Waals surface area contributed by atoms with Gasteiger partial charge in [0.1, 0.15) is 5.82 Å². The second-order valence-electron chi connectivity index (χ2n) is 4.23. The molecule has 4 nitrogen and oxygen atoms in total. The number of hydrogen-bond acceptors (Lipinski definition) is 4. The van der Waals surface area contributed by atoms with Crippen LogP contribution in [0, 0.1) is 0 Å². The fourth-order valence-corrected chi connectivity index (χ4v) is 2.17. The fraction of sp³-hybridized carbons (Fsp3) is 0. The topological polar surface area (TPSA) is 64.7 Å². The van der Waals surface area contributed by atoms with E-state index in [0.717, 1.165) is 22.4 Å². The Balaban J connectivity index is 2.15. The third-order valence-electron chi connectivity index (χ3n) is 2.94. The van der Waals surface area contributed by atoms with Crippen molar-refractivity contribution in [3.63, 3.8) is 0 Å². The SMILES string of the molecule is Nc1ncccc1-c1cc(-c2cccnc2)ncc1Cl. The summed E-state index contributed by atoms with van der Waals surface area (Å²) in [6.45, 7) is 0. The lowest BCUT2D eigenvalue weighted by Gasteiger charge is -2.09. The lowest BCUT2D eigenvalue weighted by atomic mass is 10.0. The molecule has 3 aromatic rings. The zero-order valence-corrected chi connectivity index (χ0v) is 11.2. The number of nitrogens with two attached hydrogens (primary N) is 1. The Bertz CT molecular complexity index is 744. The number of nitrogen functional groups attached to an aromatic ring is 1. The molecule has 0 aliphatic heterocycles. The molecule has 0 spiro atoms. The van der Waals surface area contributed by atoms with E-state index in [9.17, 15) is 0 Å². The highest BCUT2D eigenvalue weighted by Gasteiger charge is 2.10. The molecule has 0 atom stereocenters. The number of hydrogen-bond donors (Lipinski definition) is 1. The molecule has 98 valence electrons. The van der Waals surface area contributed by atoms with Gasteiger partial charge >= 0.3 is 0 Å². The van der Waals surface area contributed by atoms with Gasteiger partial charge in [-0.05, 0) is 30.3 Å². The molecule has 0 aromatic carbocycles. The molecule has 3 heterocycles. The number of rotatable bonds is 2. The third kappa shape index (κ3) is 2.33. The molecule has 3 rings (SSSR count). The van der Waals surface area contributed by atoms with Crippen LogP contribution < -0.4 is 5.73 Å². The summed E-state index contributed by atoms with van der Waals surface area (Å²) in [5.41, 5.74) is 9.23. The molecule has 0 bridgehead atoms. The normalized spacial score (nSPS) is 10.4. The minimum absolute atomic E-state index is 0.442. The van der Waals surface area contributed by atoms with Crippen LogP contribution in [0.5, 0.6) is 0 Å². The molecular weight excluding hydrogens is 272 g/mol. The first-order chi connectivity index (χ1) is 9.75. The summed E-state index contributed by atoms with van der Waals surface area (Å²) in [7, 11) is 0. The van der Waals surface area contributed by atoms with Crippen molar-refractivity contribution in [2.45, 2.75) is 0 Å². The van der Waals surface area contributed by atoms with Crippen molar-refractivity contribution in [3.8, 4) is 22.4 Å². The third-order valence-corrected chi connectivity index (χ3v) is 3.24. The van der Waals surface area contributed by atoms with Crippen LogP contribution in [-0.2, 0) is 0 Å². The Morgan fingerprint density at radius 1 is 0.950 bits per heavy atom. The maximum atomic E-state index is 6.23. The second-order valence-corrected chi connectivity index (χ2v) is 4.63. The smallest absolute Gasteiger partial charge is 0.131 e. The van der Waals surface area contributed by atoms with Gasteiger partial charge in [0.15, 0.2) is 0 Å². The summed E-state index contributed by atoms with van der Waals surface area (Å²) >= 11 is 6.23. The van der Waals surface area contributed by atoms with Gasteiger partial charge in [-0.15, -0.1) is 0 Å². The van der Waals surface area contributed by atoms with Crippen molar-refractivity contribution in [2.24, 2.45) is 0 Å². The monoisotopic (exact) mass is 282 g/mol. The summed E-state index contributed by atoms with van der Waals surface area (Å²) in [6.07, 6.45) is 6.74. The molecule has 5 heteroatoms. The molecule has 3 aromatic heterocycles. The summed E-state index contributed by atoms with van der Waals surface area (Å²) in [5.74, 6) is 0.442. The van der Waals surface area contributed by atoms with Crippen molar-refractivity contribution in [3.05, 3.63) is 60.1 Å². The number of pyridine rings is 3. The first kappa shape index (κ1) is 12.6. The fourth-order valence-electron chi connectivity index (χ4n) is 1.96. The van der Waals surface area contributed by atoms with Crippen LogP contribution in [0.25, 0.3) is 22.4 Å². The van der Waals surface area contributed by atoms with Gasteiger partial charge in [0, 0.05) is 41.5 Å². The maximum absolute atomic E-state index is 6.23. The van der Waals surface area contributed by atoms with Crippen molar-refractivity contribution >= 4 is 17.4 Å². The minimum atomic E-state index is 0.442. The van der Waals surface area contributed by atoms with Crippen LogP contribution in [0.2, 0.25) is 5.02 Å². The van der Waals surface area contributed by atoms with Crippen LogP contribution in [0.4, 0.5) is 5.82 Å². The van der Waals surface area contributed by atoms with E-state index in [1.807, 2.05) is 30.3 Å². The Kier molecular flexibility index (Phi) is 3.31. The summed E-state index contributed by atoms with van der Waals surface area (Å²) in [5, 5.41) is 0.539. The number of halogens is 1. The van der Waals surface area contributed by atoms with E-state index in [-0.39, 0.29) is 0 Å². The standard InChI is InChI=1S/C15H11ClN4/c16-13-9-20-14(10-3-1-5-18-8-10)7-12(13)11-4-2-6-19-15(11)17/h1-9H,(H2,17,19). The second kappa shape index (κ2) is 5.27. The van der Waals surface area contributed by atoms with Gasteiger partial charge < -0.3 is 5.73 Å². The number of anilines is 1. The predicted octanol–water partition coefficient (Wildman–Crippen LogP) is 3.44. The van der Waals surface area contributed by atoms with Crippen molar-refractivity contribution in [2.75, 3.05) is 5.73 Å². The number of aromatic nitrogens is 3. The van der Waals surface area contributed by atoms with Gasteiger partial charge in [0.25, 0.3) is 0 Å². The van der Waals surface area contributed by atoms with E-state index in [1.165, 1.54) is 0 Å². The molecule has 2 N–H and O–H groups in total. The first-order valence-electron chi connectivity index (χ1n) is 6.02. The zero-order chi connectivity index (χ0) is 13.9. The Morgan fingerprint density at radius 3 is 2.55 bits per heavy atom. The van der Waals surface area contributed by atoms with Gasteiger partial charge in [-0.2, -0.15) is 0 Å².